The average molecular weight is 386 g/mol. The molecule has 0 unspecified atom stereocenters. The van der Waals surface area contributed by atoms with Crippen molar-refractivity contribution < 1.29 is 23.5 Å². The number of alkyl halides is 2. The van der Waals surface area contributed by atoms with Gasteiger partial charge in [-0.05, 0) is 24.3 Å². The molecular weight excluding hydrogens is 370 g/mol. The third kappa shape index (κ3) is 3.30. The summed E-state index contributed by atoms with van der Waals surface area (Å²) in [6.45, 7) is 0.0522. The van der Waals surface area contributed by atoms with Crippen LogP contribution >= 0.6 is 0 Å². The number of halogens is 2. The fourth-order valence-electron chi connectivity index (χ4n) is 3.22. The van der Waals surface area contributed by atoms with E-state index >= 15 is 0 Å². The molecule has 0 spiro atoms. The first-order valence-electron chi connectivity index (χ1n) is 8.68. The smallest absolute Gasteiger partial charge is 0.354 e. The van der Waals surface area contributed by atoms with E-state index in [-0.39, 0.29) is 37.5 Å². The number of likely N-dealkylation sites (tertiary alicyclic amines) is 1. The largest absolute Gasteiger partial charge is 0.477 e. The highest BCUT2D eigenvalue weighted by molar-refractivity contribution is 5.95. The fourth-order valence-corrected chi connectivity index (χ4v) is 3.22. The standard InChI is InChI=1S/C19H16F2N4O3/c20-19(21)4-7-24(8-5-19)17(26)12-3-6-25-15(11-23-16(25)9-12)13-1-2-14(18(27)28)22-10-13/h1-3,6,9-11H,4-5,7-8H2,(H,27,28). The number of pyridine rings is 2. The van der Waals surface area contributed by atoms with Gasteiger partial charge in [-0.3, -0.25) is 9.20 Å². The van der Waals surface area contributed by atoms with Crippen molar-refractivity contribution in [1.82, 2.24) is 19.3 Å². The Labute approximate surface area is 158 Å². The number of carboxylic acid groups (broad SMARTS) is 1. The second kappa shape index (κ2) is 6.66. The predicted molar refractivity (Wildman–Crippen MR) is 95.5 cm³/mol. The number of hydrogen-bond donors (Lipinski definition) is 1. The van der Waals surface area contributed by atoms with Crippen molar-refractivity contribution in [3.8, 4) is 11.3 Å². The average Bonchev–Trinajstić information content (AvgIpc) is 3.10. The van der Waals surface area contributed by atoms with Gasteiger partial charge in [-0.2, -0.15) is 0 Å². The maximum Gasteiger partial charge on any atom is 0.354 e. The van der Waals surface area contributed by atoms with E-state index in [0.29, 0.717) is 22.5 Å². The Morgan fingerprint density at radius 2 is 1.82 bits per heavy atom. The number of aromatic nitrogens is 3. The second-order valence-electron chi connectivity index (χ2n) is 6.67. The minimum absolute atomic E-state index is 0.0261. The Balaban J connectivity index is 1.59. The lowest BCUT2D eigenvalue weighted by atomic mass is 10.1. The summed E-state index contributed by atoms with van der Waals surface area (Å²) < 4.78 is 28.3. The highest BCUT2D eigenvalue weighted by Crippen LogP contribution is 2.28. The minimum atomic E-state index is -2.71. The molecule has 0 aromatic carbocycles. The van der Waals surface area contributed by atoms with E-state index in [9.17, 15) is 18.4 Å². The van der Waals surface area contributed by atoms with Gasteiger partial charge in [-0.1, -0.05) is 0 Å². The molecule has 1 aliphatic heterocycles. The van der Waals surface area contributed by atoms with Crippen molar-refractivity contribution in [2.75, 3.05) is 13.1 Å². The van der Waals surface area contributed by atoms with Crippen LogP contribution in [-0.2, 0) is 0 Å². The minimum Gasteiger partial charge on any atom is -0.477 e. The van der Waals surface area contributed by atoms with Gasteiger partial charge in [0.25, 0.3) is 11.8 Å². The number of carbonyl (C=O) groups excluding carboxylic acids is 1. The molecule has 0 atom stereocenters. The van der Waals surface area contributed by atoms with Crippen molar-refractivity contribution in [3.63, 3.8) is 0 Å². The molecule has 0 aliphatic carbocycles. The number of piperidine rings is 1. The van der Waals surface area contributed by atoms with Gasteiger partial charge in [0.15, 0.2) is 0 Å². The Hall–Kier alpha value is -3.36. The predicted octanol–water partition coefficient (Wildman–Crippen LogP) is 2.97. The molecule has 1 aliphatic rings. The number of nitrogens with zero attached hydrogens (tertiary/aromatic N) is 4. The van der Waals surface area contributed by atoms with E-state index in [2.05, 4.69) is 9.97 Å². The molecule has 1 fully saturated rings. The number of carboxylic acids is 1. The third-order valence-corrected chi connectivity index (χ3v) is 4.82. The highest BCUT2D eigenvalue weighted by atomic mass is 19.3. The molecule has 1 saturated heterocycles. The maximum atomic E-state index is 13.3. The van der Waals surface area contributed by atoms with E-state index in [1.165, 1.54) is 17.2 Å². The highest BCUT2D eigenvalue weighted by Gasteiger charge is 2.35. The zero-order valence-electron chi connectivity index (χ0n) is 14.7. The summed E-state index contributed by atoms with van der Waals surface area (Å²) in [5.41, 5.74) is 2.21. The lowest BCUT2D eigenvalue weighted by molar-refractivity contribution is -0.0494. The van der Waals surface area contributed by atoms with Crippen LogP contribution in [0, 0.1) is 0 Å². The van der Waals surface area contributed by atoms with Crippen LogP contribution in [0.4, 0.5) is 8.78 Å². The molecule has 4 heterocycles. The molecule has 28 heavy (non-hydrogen) atoms. The Morgan fingerprint density at radius 3 is 2.46 bits per heavy atom. The van der Waals surface area contributed by atoms with Crippen molar-refractivity contribution in [2.45, 2.75) is 18.8 Å². The van der Waals surface area contributed by atoms with Crippen LogP contribution in [0.1, 0.15) is 33.7 Å². The van der Waals surface area contributed by atoms with Gasteiger partial charge in [-0.25, -0.2) is 23.5 Å². The number of carbonyl (C=O) groups is 2. The summed E-state index contributed by atoms with van der Waals surface area (Å²) in [4.78, 5) is 33.2. The number of fused-ring (bicyclic) bond motifs is 1. The van der Waals surface area contributed by atoms with Crippen molar-refractivity contribution in [3.05, 3.63) is 54.1 Å². The van der Waals surface area contributed by atoms with Crippen LogP contribution in [0.2, 0.25) is 0 Å². The molecule has 1 amide bonds. The van der Waals surface area contributed by atoms with Crippen LogP contribution < -0.4 is 0 Å². The molecule has 4 rings (SSSR count). The number of rotatable bonds is 3. The molecule has 3 aromatic heterocycles. The van der Waals surface area contributed by atoms with Crippen LogP contribution in [-0.4, -0.2) is 55.3 Å². The quantitative estimate of drug-likeness (QED) is 0.748. The zero-order chi connectivity index (χ0) is 19.9. The first-order chi connectivity index (χ1) is 13.3. The Kier molecular flexibility index (Phi) is 4.29. The van der Waals surface area contributed by atoms with E-state index in [0.717, 1.165) is 0 Å². The summed E-state index contributed by atoms with van der Waals surface area (Å²) in [7, 11) is 0. The molecule has 3 aromatic rings. The van der Waals surface area contributed by atoms with E-state index in [1.54, 1.807) is 35.0 Å². The summed E-state index contributed by atoms with van der Waals surface area (Å²) in [6, 6.07) is 6.26. The van der Waals surface area contributed by atoms with Crippen LogP contribution in [0.5, 0.6) is 0 Å². The summed E-state index contributed by atoms with van der Waals surface area (Å²) in [5.74, 6) is -4.11. The monoisotopic (exact) mass is 386 g/mol. The van der Waals surface area contributed by atoms with Gasteiger partial charge in [0.1, 0.15) is 11.3 Å². The van der Waals surface area contributed by atoms with Gasteiger partial charge < -0.3 is 10.0 Å². The van der Waals surface area contributed by atoms with E-state index in [4.69, 9.17) is 5.11 Å². The second-order valence-corrected chi connectivity index (χ2v) is 6.67. The molecule has 1 N–H and O–H groups in total. The molecular formula is C19H16F2N4O3. The Bertz CT molecular complexity index is 1050. The molecule has 144 valence electrons. The molecule has 7 nitrogen and oxygen atoms in total. The topological polar surface area (TPSA) is 87.8 Å². The number of amides is 1. The van der Waals surface area contributed by atoms with Crippen molar-refractivity contribution in [2.24, 2.45) is 0 Å². The normalized spacial score (nSPS) is 16.3. The third-order valence-electron chi connectivity index (χ3n) is 4.82. The number of aromatic carboxylic acids is 1. The SMILES string of the molecule is O=C(O)c1ccc(-c2cnc3cc(C(=O)N4CCC(F)(F)CC4)ccn23)cn1. The van der Waals surface area contributed by atoms with Crippen LogP contribution in [0.25, 0.3) is 16.9 Å². The summed E-state index contributed by atoms with van der Waals surface area (Å²) in [5, 5.41) is 8.94. The van der Waals surface area contributed by atoms with Crippen LogP contribution in [0.15, 0.2) is 42.9 Å². The maximum absolute atomic E-state index is 13.3. The van der Waals surface area contributed by atoms with Gasteiger partial charge in [-0.15, -0.1) is 0 Å². The molecule has 0 saturated carbocycles. The van der Waals surface area contributed by atoms with Gasteiger partial charge in [0, 0.05) is 49.5 Å². The first-order valence-corrected chi connectivity index (χ1v) is 8.68. The Morgan fingerprint density at radius 1 is 1.07 bits per heavy atom. The molecule has 0 radical (unpaired) electrons. The van der Waals surface area contributed by atoms with E-state index < -0.39 is 11.9 Å². The van der Waals surface area contributed by atoms with Gasteiger partial charge in [0.2, 0.25) is 0 Å². The lowest BCUT2D eigenvalue weighted by Gasteiger charge is -2.31. The van der Waals surface area contributed by atoms with Crippen molar-refractivity contribution >= 4 is 17.5 Å². The first kappa shape index (κ1) is 18.0. The zero-order valence-corrected chi connectivity index (χ0v) is 14.7. The summed E-state index contributed by atoms with van der Waals surface area (Å²) >= 11 is 0. The molecule has 9 heteroatoms. The fraction of sp³-hybridized carbons (Fsp3) is 0.263. The summed E-state index contributed by atoms with van der Waals surface area (Å²) in [6.07, 6.45) is 4.07. The van der Waals surface area contributed by atoms with E-state index in [1.807, 2.05) is 0 Å². The lowest BCUT2D eigenvalue weighted by Crippen LogP contribution is -2.42. The van der Waals surface area contributed by atoms with Crippen molar-refractivity contribution in [1.29, 1.82) is 0 Å². The van der Waals surface area contributed by atoms with Crippen LogP contribution in [0.3, 0.4) is 0 Å². The number of hydrogen-bond acceptors (Lipinski definition) is 4. The van der Waals surface area contributed by atoms with Gasteiger partial charge in [0.05, 0.1) is 11.9 Å². The van der Waals surface area contributed by atoms with Gasteiger partial charge >= 0.3 is 5.97 Å². The molecule has 0 bridgehead atoms. The number of imidazole rings is 1.